The molecular weight excluding hydrogens is 328 g/mol. The Morgan fingerprint density at radius 3 is 2.09 bits per heavy atom. The minimum absolute atomic E-state index is 0.0259. The van der Waals surface area contributed by atoms with Gasteiger partial charge in [0.2, 0.25) is 11.8 Å². The van der Waals surface area contributed by atoms with Gasteiger partial charge in [-0.15, -0.1) is 0 Å². The van der Waals surface area contributed by atoms with E-state index in [0.717, 1.165) is 18.2 Å². The molecule has 1 saturated heterocycles. The summed E-state index contributed by atoms with van der Waals surface area (Å²) in [7, 11) is 0. The fraction of sp³-hybridized carbons (Fsp3) is 0.154. The third kappa shape index (κ3) is 4.07. The molecule has 0 saturated carbocycles. The van der Waals surface area contributed by atoms with E-state index in [-0.39, 0.29) is 23.2 Å². The number of carboxylic acid groups (broad SMARTS) is 2. The lowest BCUT2D eigenvalue weighted by Gasteiger charge is -2.09. The van der Waals surface area contributed by atoms with Crippen molar-refractivity contribution < 1.29 is 34.2 Å². The smallest absolute Gasteiger partial charge is 0.335 e. The molecule has 2 rings (SSSR count). The van der Waals surface area contributed by atoms with E-state index >= 15 is 0 Å². The monoisotopic (exact) mass is 338 g/mol. The molecular formula is C13H10N2O7S. The number of amides is 3. The molecule has 0 aromatic heterocycles. The molecule has 1 aliphatic rings. The molecule has 0 unspecified atom stereocenters. The summed E-state index contributed by atoms with van der Waals surface area (Å²) in [6, 6.07) is 3.15. The summed E-state index contributed by atoms with van der Waals surface area (Å²) in [5.74, 6) is -3.92. The van der Waals surface area contributed by atoms with Crippen molar-refractivity contribution in [3.63, 3.8) is 0 Å². The molecule has 1 heterocycles. The molecule has 120 valence electrons. The first-order chi connectivity index (χ1) is 10.8. The highest BCUT2D eigenvalue weighted by Crippen LogP contribution is 2.23. The van der Waals surface area contributed by atoms with E-state index in [2.05, 4.69) is 5.32 Å². The molecule has 1 fully saturated rings. The zero-order chi connectivity index (χ0) is 17.1. The first-order valence-corrected chi connectivity index (χ1v) is 7.07. The van der Waals surface area contributed by atoms with Crippen LogP contribution in [-0.4, -0.2) is 44.5 Å². The Balaban J connectivity index is 2.14. The second-order valence-electron chi connectivity index (χ2n) is 4.54. The molecule has 4 N–H and O–H groups in total. The lowest BCUT2D eigenvalue weighted by Crippen LogP contribution is -2.27. The third-order valence-electron chi connectivity index (χ3n) is 2.85. The SMILES string of the molecule is O=C(C[C@H]1SC(=O)NC1=O)Nc1cc(C(=O)O)cc(C(=O)O)c1. The van der Waals surface area contributed by atoms with Crippen molar-refractivity contribution in [3.05, 3.63) is 29.3 Å². The summed E-state index contributed by atoms with van der Waals surface area (Å²) in [5, 5.41) is 20.8. The normalized spacial score (nSPS) is 16.8. The molecule has 0 radical (unpaired) electrons. The highest BCUT2D eigenvalue weighted by Gasteiger charge is 2.33. The number of thioether (sulfide) groups is 1. The number of nitrogens with one attached hydrogen (secondary N) is 2. The summed E-state index contributed by atoms with van der Waals surface area (Å²) in [6.45, 7) is 0. The van der Waals surface area contributed by atoms with Gasteiger partial charge in [-0.2, -0.15) is 0 Å². The number of hydrogen-bond acceptors (Lipinski definition) is 6. The van der Waals surface area contributed by atoms with Gasteiger partial charge in [-0.1, -0.05) is 11.8 Å². The maximum absolute atomic E-state index is 11.9. The molecule has 1 aliphatic heterocycles. The molecule has 1 aromatic rings. The number of benzene rings is 1. The van der Waals surface area contributed by atoms with E-state index in [0.29, 0.717) is 11.8 Å². The summed E-state index contributed by atoms with van der Waals surface area (Å²) < 4.78 is 0. The lowest BCUT2D eigenvalue weighted by atomic mass is 10.1. The number of imide groups is 1. The van der Waals surface area contributed by atoms with Gasteiger partial charge in [-0.25, -0.2) is 9.59 Å². The predicted octanol–water partition coefficient (Wildman–Crippen LogP) is 0.763. The van der Waals surface area contributed by atoms with E-state index in [4.69, 9.17) is 10.2 Å². The molecule has 0 aliphatic carbocycles. The summed E-state index contributed by atoms with van der Waals surface area (Å²) >= 11 is 0.680. The Morgan fingerprint density at radius 2 is 1.65 bits per heavy atom. The van der Waals surface area contributed by atoms with Gasteiger partial charge in [0.15, 0.2) is 0 Å². The Kier molecular flexibility index (Phi) is 4.65. The van der Waals surface area contributed by atoms with Crippen molar-refractivity contribution in [2.45, 2.75) is 11.7 Å². The zero-order valence-corrected chi connectivity index (χ0v) is 12.2. The third-order valence-corrected chi connectivity index (χ3v) is 3.83. The standard InChI is InChI=1S/C13H10N2O7S/c16-9(4-8-10(17)15-13(22)23-8)14-7-2-5(11(18)19)1-6(3-7)12(20)21/h1-3,8H,4H2,(H,14,16)(H,18,19)(H,20,21)(H,15,17,22)/t8-/m1/s1. The van der Waals surface area contributed by atoms with Gasteiger partial charge in [-0.3, -0.25) is 19.7 Å². The van der Waals surface area contributed by atoms with Gasteiger partial charge in [-0.05, 0) is 18.2 Å². The number of carboxylic acids is 2. The lowest BCUT2D eigenvalue weighted by molar-refractivity contribution is -0.122. The number of anilines is 1. The number of aromatic carboxylic acids is 2. The van der Waals surface area contributed by atoms with Crippen LogP contribution in [0.2, 0.25) is 0 Å². The largest absolute Gasteiger partial charge is 0.478 e. The van der Waals surface area contributed by atoms with Crippen molar-refractivity contribution in [1.29, 1.82) is 0 Å². The molecule has 0 spiro atoms. The highest BCUT2D eigenvalue weighted by molar-refractivity contribution is 8.15. The number of rotatable bonds is 5. The van der Waals surface area contributed by atoms with Gasteiger partial charge >= 0.3 is 11.9 Å². The van der Waals surface area contributed by atoms with Crippen molar-refractivity contribution >= 4 is 46.4 Å². The minimum Gasteiger partial charge on any atom is -0.478 e. The minimum atomic E-state index is -1.35. The van der Waals surface area contributed by atoms with Crippen LogP contribution >= 0.6 is 11.8 Å². The summed E-state index contributed by atoms with van der Waals surface area (Å²) in [6.07, 6.45) is -0.304. The molecule has 3 amide bonds. The Hall–Kier alpha value is -2.88. The first kappa shape index (κ1) is 16.5. The Morgan fingerprint density at radius 1 is 1.09 bits per heavy atom. The fourth-order valence-electron chi connectivity index (χ4n) is 1.85. The maximum atomic E-state index is 11.9. The molecule has 1 aromatic carbocycles. The van der Waals surface area contributed by atoms with Crippen LogP contribution in [-0.2, 0) is 9.59 Å². The fourth-order valence-corrected chi connectivity index (χ4v) is 2.67. The van der Waals surface area contributed by atoms with Crippen LogP contribution in [0.15, 0.2) is 18.2 Å². The van der Waals surface area contributed by atoms with Gasteiger partial charge in [0.1, 0.15) is 5.25 Å². The maximum Gasteiger partial charge on any atom is 0.335 e. The van der Waals surface area contributed by atoms with Gasteiger partial charge in [0.25, 0.3) is 5.24 Å². The highest BCUT2D eigenvalue weighted by atomic mass is 32.2. The van der Waals surface area contributed by atoms with E-state index in [1.165, 1.54) is 0 Å². The summed E-state index contributed by atoms with van der Waals surface area (Å²) in [4.78, 5) is 56.2. The van der Waals surface area contributed by atoms with Crippen molar-refractivity contribution in [3.8, 4) is 0 Å². The average molecular weight is 338 g/mol. The van der Waals surface area contributed by atoms with Gasteiger partial charge < -0.3 is 15.5 Å². The van der Waals surface area contributed by atoms with Crippen LogP contribution < -0.4 is 10.6 Å². The number of carbonyl (C=O) groups is 5. The number of carbonyl (C=O) groups excluding carboxylic acids is 3. The van der Waals surface area contributed by atoms with Crippen LogP contribution in [0.3, 0.4) is 0 Å². The van der Waals surface area contributed by atoms with Crippen LogP contribution in [0.1, 0.15) is 27.1 Å². The Labute approximate surface area is 133 Å². The van der Waals surface area contributed by atoms with Crippen LogP contribution in [0.4, 0.5) is 10.5 Å². The summed E-state index contributed by atoms with van der Waals surface area (Å²) in [5.41, 5.74) is -0.631. The number of hydrogen-bond donors (Lipinski definition) is 4. The van der Waals surface area contributed by atoms with Crippen molar-refractivity contribution in [2.24, 2.45) is 0 Å². The Bertz CT molecular complexity index is 699. The zero-order valence-electron chi connectivity index (χ0n) is 11.4. The van der Waals surface area contributed by atoms with Crippen LogP contribution in [0.5, 0.6) is 0 Å². The second kappa shape index (κ2) is 6.48. The quantitative estimate of drug-likeness (QED) is 0.614. The van der Waals surface area contributed by atoms with Crippen LogP contribution in [0.25, 0.3) is 0 Å². The molecule has 10 heteroatoms. The van der Waals surface area contributed by atoms with E-state index < -0.39 is 34.2 Å². The van der Waals surface area contributed by atoms with Gasteiger partial charge in [0.05, 0.1) is 11.1 Å². The topological polar surface area (TPSA) is 150 Å². The second-order valence-corrected chi connectivity index (χ2v) is 5.72. The molecule has 9 nitrogen and oxygen atoms in total. The molecule has 0 bridgehead atoms. The van der Waals surface area contributed by atoms with Crippen LogP contribution in [0, 0.1) is 0 Å². The van der Waals surface area contributed by atoms with Crippen molar-refractivity contribution in [1.82, 2.24) is 5.32 Å². The van der Waals surface area contributed by atoms with E-state index in [9.17, 15) is 24.0 Å². The average Bonchev–Trinajstić information content (AvgIpc) is 2.76. The predicted molar refractivity (Wildman–Crippen MR) is 78.5 cm³/mol. The van der Waals surface area contributed by atoms with E-state index in [1.54, 1.807) is 0 Å². The molecule has 1 atom stereocenters. The first-order valence-electron chi connectivity index (χ1n) is 6.19. The van der Waals surface area contributed by atoms with E-state index in [1.807, 2.05) is 5.32 Å². The molecule has 23 heavy (non-hydrogen) atoms. The van der Waals surface area contributed by atoms with Gasteiger partial charge in [0, 0.05) is 12.1 Å². The van der Waals surface area contributed by atoms with Crippen molar-refractivity contribution in [2.75, 3.05) is 5.32 Å².